The molecule has 1 aromatic rings. The Balaban J connectivity index is 2.46. The lowest BCUT2D eigenvalue weighted by Crippen LogP contribution is -2.19. The number of nitrogens with zero attached hydrogens (tertiary/aromatic N) is 1. The Morgan fingerprint density at radius 2 is 2.22 bits per heavy atom. The molecule has 0 aliphatic rings. The molecule has 1 N–H and O–H groups in total. The number of halogens is 1. The number of rotatable bonds is 7. The van der Waals surface area contributed by atoms with E-state index < -0.39 is 5.97 Å². The topological polar surface area (TPSA) is 49.8 Å². The van der Waals surface area contributed by atoms with Gasteiger partial charge in [0.1, 0.15) is 0 Å². The van der Waals surface area contributed by atoms with Gasteiger partial charge < -0.3 is 14.7 Å². The standard InChI is InChI=1S/C13H18FNO3/c1-15(7-3-4-13(16)17)9-10-5-6-12(18-2)11(14)8-10/h5-6,8H,3-4,7,9H2,1-2H3,(H,16,17). The van der Waals surface area contributed by atoms with Crippen molar-refractivity contribution >= 4 is 5.97 Å². The highest BCUT2D eigenvalue weighted by atomic mass is 19.1. The molecule has 0 bridgehead atoms. The van der Waals surface area contributed by atoms with Crippen LogP contribution >= 0.6 is 0 Å². The predicted octanol–water partition coefficient (Wildman–Crippen LogP) is 2.13. The molecule has 0 radical (unpaired) electrons. The average molecular weight is 255 g/mol. The van der Waals surface area contributed by atoms with E-state index in [9.17, 15) is 9.18 Å². The Morgan fingerprint density at radius 1 is 1.50 bits per heavy atom. The Hall–Kier alpha value is -1.62. The van der Waals surface area contributed by atoms with Crippen molar-refractivity contribution in [3.63, 3.8) is 0 Å². The Bertz CT molecular complexity index is 409. The van der Waals surface area contributed by atoms with E-state index in [1.807, 2.05) is 11.9 Å². The maximum atomic E-state index is 13.4. The summed E-state index contributed by atoms with van der Waals surface area (Å²) in [5.74, 6) is -0.944. The van der Waals surface area contributed by atoms with E-state index in [2.05, 4.69) is 0 Å². The monoisotopic (exact) mass is 255 g/mol. The first-order chi connectivity index (χ1) is 8.52. The van der Waals surface area contributed by atoms with Gasteiger partial charge in [0.05, 0.1) is 7.11 Å². The second-order valence-electron chi connectivity index (χ2n) is 4.20. The number of hydrogen-bond donors (Lipinski definition) is 1. The van der Waals surface area contributed by atoms with Crippen LogP contribution < -0.4 is 4.74 Å². The number of carboxylic acid groups (broad SMARTS) is 1. The van der Waals surface area contributed by atoms with E-state index in [1.54, 1.807) is 12.1 Å². The summed E-state index contributed by atoms with van der Waals surface area (Å²) in [5.41, 5.74) is 0.839. The second kappa shape index (κ2) is 6.96. The molecule has 0 saturated carbocycles. The fraction of sp³-hybridized carbons (Fsp3) is 0.462. The van der Waals surface area contributed by atoms with Gasteiger partial charge in [-0.2, -0.15) is 0 Å². The van der Waals surface area contributed by atoms with Crippen LogP contribution in [0.5, 0.6) is 5.75 Å². The number of carbonyl (C=O) groups is 1. The normalized spacial score (nSPS) is 10.7. The third kappa shape index (κ3) is 4.71. The summed E-state index contributed by atoms with van der Waals surface area (Å²) in [4.78, 5) is 12.3. The number of benzene rings is 1. The van der Waals surface area contributed by atoms with Crippen molar-refractivity contribution in [2.75, 3.05) is 20.7 Å². The van der Waals surface area contributed by atoms with Gasteiger partial charge in [-0.3, -0.25) is 4.79 Å². The van der Waals surface area contributed by atoms with Crippen LogP contribution in [0.25, 0.3) is 0 Å². The molecule has 4 nitrogen and oxygen atoms in total. The highest BCUT2D eigenvalue weighted by molar-refractivity contribution is 5.66. The third-order valence-corrected chi connectivity index (χ3v) is 2.60. The zero-order valence-corrected chi connectivity index (χ0v) is 10.6. The van der Waals surface area contributed by atoms with Gasteiger partial charge in [-0.05, 0) is 37.7 Å². The molecule has 1 aromatic carbocycles. The lowest BCUT2D eigenvalue weighted by Gasteiger charge is -2.16. The number of carboxylic acids is 1. The average Bonchev–Trinajstić information content (AvgIpc) is 2.28. The van der Waals surface area contributed by atoms with Gasteiger partial charge in [0.15, 0.2) is 11.6 Å². The van der Waals surface area contributed by atoms with Gasteiger partial charge in [-0.15, -0.1) is 0 Å². The zero-order chi connectivity index (χ0) is 13.5. The van der Waals surface area contributed by atoms with E-state index in [1.165, 1.54) is 13.2 Å². The lowest BCUT2D eigenvalue weighted by molar-refractivity contribution is -0.137. The fourth-order valence-electron chi connectivity index (χ4n) is 1.70. The second-order valence-corrected chi connectivity index (χ2v) is 4.20. The number of hydrogen-bond acceptors (Lipinski definition) is 3. The summed E-state index contributed by atoms with van der Waals surface area (Å²) in [7, 11) is 3.31. The highest BCUT2D eigenvalue weighted by Gasteiger charge is 2.06. The van der Waals surface area contributed by atoms with Crippen molar-refractivity contribution in [2.45, 2.75) is 19.4 Å². The molecule has 0 aromatic heterocycles. The van der Waals surface area contributed by atoms with E-state index in [-0.39, 0.29) is 18.0 Å². The predicted molar refractivity (Wildman–Crippen MR) is 66.2 cm³/mol. The van der Waals surface area contributed by atoms with Crippen molar-refractivity contribution < 1.29 is 19.0 Å². The lowest BCUT2D eigenvalue weighted by atomic mass is 10.2. The summed E-state index contributed by atoms with van der Waals surface area (Å²) in [6.07, 6.45) is 0.742. The minimum atomic E-state index is -0.793. The van der Waals surface area contributed by atoms with Crippen molar-refractivity contribution in [3.05, 3.63) is 29.6 Å². The number of aliphatic carboxylic acids is 1. The molecule has 1 rings (SSSR count). The first-order valence-corrected chi connectivity index (χ1v) is 5.75. The molecular formula is C13H18FNO3. The van der Waals surface area contributed by atoms with E-state index in [4.69, 9.17) is 9.84 Å². The molecule has 0 amide bonds. The molecule has 18 heavy (non-hydrogen) atoms. The summed E-state index contributed by atoms with van der Waals surface area (Å²) in [6, 6.07) is 4.83. The van der Waals surface area contributed by atoms with Crippen LogP contribution in [0.15, 0.2) is 18.2 Å². The molecule has 0 aliphatic carbocycles. The minimum absolute atomic E-state index is 0.154. The molecule has 0 unspecified atom stereocenters. The third-order valence-electron chi connectivity index (χ3n) is 2.60. The number of methoxy groups -OCH3 is 1. The molecule has 0 heterocycles. The Morgan fingerprint density at radius 3 is 2.78 bits per heavy atom. The smallest absolute Gasteiger partial charge is 0.303 e. The molecule has 0 fully saturated rings. The highest BCUT2D eigenvalue weighted by Crippen LogP contribution is 2.18. The van der Waals surface area contributed by atoms with Crippen LogP contribution in [0.2, 0.25) is 0 Å². The summed E-state index contributed by atoms with van der Waals surface area (Å²) < 4.78 is 18.3. The fourth-order valence-corrected chi connectivity index (χ4v) is 1.70. The van der Waals surface area contributed by atoms with Gasteiger partial charge in [-0.25, -0.2) is 4.39 Å². The van der Waals surface area contributed by atoms with Crippen LogP contribution in [-0.2, 0) is 11.3 Å². The molecule has 0 spiro atoms. The van der Waals surface area contributed by atoms with Gasteiger partial charge in [0.2, 0.25) is 0 Å². The summed E-state index contributed by atoms with van der Waals surface area (Å²) in [5, 5.41) is 8.53. The Kier molecular flexibility index (Phi) is 5.58. The van der Waals surface area contributed by atoms with Crippen molar-refractivity contribution in [3.8, 4) is 5.75 Å². The van der Waals surface area contributed by atoms with Crippen LogP contribution in [0.1, 0.15) is 18.4 Å². The van der Waals surface area contributed by atoms with Crippen LogP contribution in [0.4, 0.5) is 4.39 Å². The maximum absolute atomic E-state index is 13.4. The van der Waals surface area contributed by atoms with E-state index >= 15 is 0 Å². The molecule has 100 valence electrons. The number of ether oxygens (including phenoxy) is 1. The SMILES string of the molecule is COc1ccc(CN(C)CCCC(=O)O)cc1F. The summed E-state index contributed by atoms with van der Waals surface area (Å²) in [6.45, 7) is 1.25. The van der Waals surface area contributed by atoms with Gasteiger partial charge >= 0.3 is 5.97 Å². The first kappa shape index (κ1) is 14.4. The molecule has 0 aliphatic heterocycles. The molecular weight excluding hydrogens is 237 g/mol. The van der Waals surface area contributed by atoms with Gasteiger partial charge in [0.25, 0.3) is 0 Å². The zero-order valence-electron chi connectivity index (χ0n) is 10.6. The van der Waals surface area contributed by atoms with Crippen molar-refractivity contribution in [1.82, 2.24) is 4.90 Å². The summed E-state index contributed by atoms with van der Waals surface area (Å²) >= 11 is 0. The van der Waals surface area contributed by atoms with Gasteiger partial charge in [-0.1, -0.05) is 6.07 Å². The molecule has 0 saturated heterocycles. The largest absolute Gasteiger partial charge is 0.494 e. The van der Waals surface area contributed by atoms with Crippen molar-refractivity contribution in [2.24, 2.45) is 0 Å². The Labute approximate surface area is 106 Å². The quantitative estimate of drug-likeness (QED) is 0.811. The van der Waals surface area contributed by atoms with Crippen LogP contribution in [-0.4, -0.2) is 36.7 Å². The maximum Gasteiger partial charge on any atom is 0.303 e. The van der Waals surface area contributed by atoms with Crippen LogP contribution in [0, 0.1) is 5.82 Å². The minimum Gasteiger partial charge on any atom is -0.494 e. The molecule has 5 heteroatoms. The van der Waals surface area contributed by atoms with Crippen molar-refractivity contribution in [1.29, 1.82) is 0 Å². The molecule has 0 atom stereocenters. The van der Waals surface area contributed by atoms with E-state index in [0.717, 1.165) is 5.56 Å². The van der Waals surface area contributed by atoms with E-state index in [0.29, 0.717) is 19.5 Å². The van der Waals surface area contributed by atoms with Gasteiger partial charge in [0, 0.05) is 13.0 Å². The van der Waals surface area contributed by atoms with Crippen LogP contribution in [0.3, 0.4) is 0 Å². The first-order valence-electron chi connectivity index (χ1n) is 5.75.